The van der Waals surface area contributed by atoms with Gasteiger partial charge in [-0.3, -0.25) is 0 Å². The molecule has 0 aromatic carbocycles. The van der Waals surface area contributed by atoms with E-state index in [2.05, 4.69) is 40.9 Å². The molecule has 1 N–H and O–H groups in total. The average Bonchev–Trinajstić information content (AvgIpc) is 2.83. The number of pyridine rings is 1. The Morgan fingerprint density at radius 3 is 2.75 bits per heavy atom. The smallest absolute Gasteiger partial charge is 0.356 e. The molecule has 0 amide bonds. The molecule has 0 radical (unpaired) electrons. The van der Waals surface area contributed by atoms with E-state index >= 15 is 0 Å². The molecular formula is C14H18N4O2. The molecule has 2 aromatic heterocycles. The van der Waals surface area contributed by atoms with Crippen molar-refractivity contribution in [3.63, 3.8) is 0 Å². The van der Waals surface area contributed by atoms with Crippen LogP contribution in [0.3, 0.4) is 0 Å². The van der Waals surface area contributed by atoms with Crippen molar-refractivity contribution in [1.82, 2.24) is 14.6 Å². The molecule has 6 nitrogen and oxygen atoms in total. The molecule has 2 aromatic rings. The molecule has 0 saturated heterocycles. The van der Waals surface area contributed by atoms with Gasteiger partial charge in [-0.1, -0.05) is 6.07 Å². The summed E-state index contributed by atoms with van der Waals surface area (Å²) in [5, 5.41) is 0. The van der Waals surface area contributed by atoms with E-state index in [0.717, 1.165) is 0 Å². The molecule has 2 rings (SSSR count). The Kier molecular flexibility index (Phi) is 3.74. The van der Waals surface area contributed by atoms with Gasteiger partial charge in [0.25, 0.3) is 0 Å². The molecule has 0 aliphatic carbocycles. The Bertz CT molecular complexity index is 614. The molecule has 0 bridgehead atoms. The number of esters is 1. The summed E-state index contributed by atoms with van der Waals surface area (Å²) >= 11 is 0. The number of carbonyl (C=O) groups excluding carboxylic acids is 1. The van der Waals surface area contributed by atoms with Crippen LogP contribution in [0, 0.1) is 0 Å². The van der Waals surface area contributed by atoms with E-state index in [-0.39, 0.29) is 11.2 Å². The lowest BCUT2D eigenvalue weighted by atomic mass is 10.1. The second-order valence-electron chi connectivity index (χ2n) is 5.38. The third kappa shape index (κ3) is 3.14. The summed E-state index contributed by atoms with van der Waals surface area (Å²) in [6.45, 7) is 6.15. The summed E-state index contributed by atoms with van der Waals surface area (Å²) in [5.74, 6) is 0.180. The number of imidazole rings is 1. The van der Waals surface area contributed by atoms with Gasteiger partial charge in [0.2, 0.25) is 0 Å². The maximum absolute atomic E-state index is 11.5. The molecule has 0 fully saturated rings. The Morgan fingerprint density at radius 1 is 1.35 bits per heavy atom. The van der Waals surface area contributed by atoms with Crippen LogP contribution < -0.4 is 5.43 Å². The third-order valence-corrected chi connectivity index (χ3v) is 2.47. The number of methoxy groups -OCH3 is 1. The van der Waals surface area contributed by atoms with Gasteiger partial charge in [-0.05, 0) is 32.9 Å². The molecule has 0 saturated carbocycles. The van der Waals surface area contributed by atoms with Gasteiger partial charge in [0.1, 0.15) is 11.4 Å². The fraction of sp³-hybridized carbons (Fsp3) is 0.357. The standard InChI is InChI=1S/C14H18N4O2/c1-14(2,3)17-18-9-8-15-12(18)10-6-5-7-11(16-10)13(19)20-4/h5-9,17H,1-4H3. The number of ether oxygens (including phenoxy) is 1. The van der Waals surface area contributed by atoms with Crippen molar-refractivity contribution >= 4 is 5.97 Å². The van der Waals surface area contributed by atoms with Crippen LogP contribution in [0.2, 0.25) is 0 Å². The molecule has 0 aliphatic rings. The van der Waals surface area contributed by atoms with Crippen molar-refractivity contribution in [3.05, 3.63) is 36.3 Å². The molecule has 106 valence electrons. The minimum atomic E-state index is -0.464. The predicted octanol–water partition coefficient (Wildman–Crippen LogP) is 2.07. The Morgan fingerprint density at radius 2 is 2.10 bits per heavy atom. The normalized spacial score (nSPS) is 11.2. The van der Waals surface area contributed by atoms with E-state index in [1.54, 1.807) is 29.1 Å². The van der Waals surface area contributed by atoms with Crippen molar-refractivity contribution in [2.75, 3.05) is 12.5 Å². The molecule has 0 unspecified atom stereocenters. The number of rotatable bonds is 3. The van der Waals surface area contributed by atoms with Gasteiger partial charge < -0.3 is 10.2 Å². The first-order valence-corrected chi connectivity index (χ1v) is 6.28. The third-order valence-electron chi connectivity index (χ3n) is 2.47. The van der Waals surface area contributed by atoms with Crippen molar-refractivity contribution in [1.29, 1.82) is 0 Å². The molecule has 0 atom stereocenters. The molecular weight excluding hydrogens is 256 g/mol. The number of hydrogen-bond donors (Lipinski definition) is 1. The van der Waals surface area contributed by atoms with E-state index in [1.807, 2.05) is 6.20 Å². The van der Waals surface area contributed by atoms with Crippen LogP contribution in [0.4, 0.5) is 0 Å². The van der Waals surface area contributed by atoms with Gasteiger partial charge in [0, 0.05) is 17.9 Å². The topological polar surface area (TPSA) is 69.0 Å². The Labute approximate surface area is 117 Å². The van der Waals surface area contributed by atoms with Gasteiger partial charge in [-0.25, -0.2) is 19.4 Å². The first kappa shape index (κ1) is 14.0. The summed E-state index contributed by atoms with van der Waals surface area (Å²) in [5.41, 5.74) is 4.04. The van der Waals surface area contributed by atoms with Gasteiger partial charge in [-0.2, -0.15) is 0 Å². The summed E-state index contributed by atoms with van der Waals surface area (Å²) in [6, 6.07) is 5.17. The van der Waals surface area contributed by atoms with E-state index in [1.165, 1.54) is 7.11 Å². The second-order valence-corrected chi connectivity index (χ2v) is 5.38. The van der Waals surface area contributed by atoms with Crippen LogP contribution in [-0.2, 0) is 4.74 Å². The van der Waals surface area contributed by atoms with Gasteiger partial charge >= 0.3 is 5.97 Å². The minimum Gasteiger partial charge on any atom is -0.464 e. The molecule has 6 heteroatoms. The predicted molar refractivity (Wildman–Crippen MR) is 75.9 cm³/mol. The quantitative estimate of drug-likeness (QED) is 0.868. The highest BCUT2D eigenvalue weighted by molar-refractivity contribution is 5.87. The SMILES string of the molecule is COC(=O)c1cccc(-c2nccn2NC(C)(C)C)n1. The maximum atomic E-state index is 11.5. The average molecular weight is 274 g/mol. The van der Waals surface area contributed by atoms with Crippen molar-refractivity contribution in [3.8, 4) is 11.5 Å². The second kappa shape index (κ2) is 5.32. The van der Waals surface area contributed by atoms with Crippen molar-refractivity contribution in [2.24, 2.45) is 0 Å². The van der Waals surface area contributed by atoms with Crippen LogP contribution in [0.1, 0.15) is 31.3 Å². The maximum Gasteiger partial charge on any atom is 0.356 e. The highest BCUT2D eigenvalue weighted by Crippen LogP contribution is 2.16. The number of hydrogen-bond acceptors (Lipinski definition) is 5. The summed E-state index contributed by atoms with van der Waals surface area (Å²) in [7, 11) is 1.33. The first-order valence-electron chi connectivity index (χ1n) is 6.28. The molecule has 20 heavy (non-hydrogen) atoms. The molecule has 2 heterocycles. The number of nitrogens with one attached hydrogen (secondary N) is 1. The number of aromatic nitrogens is 3. The van der Waals surface area contributed by atoms with Crippen LogP contribution >= 0.6 is 0 Å². The summed E-state index contributed by atoms with van der Waals surface area (Å²) in [4.78, 5) is 20.1. The zero-order valence-corrected chi connectivity index (χ0v) is 12.0. The van der Waals surface area contributed by atoms with Crippen LogP contribution in [0.25, 0.3) is 11.5 Å². The fourth-order valence-corrected chi connectivity index (χ4v) is 1.72. The van der Waals surface area contributed by atoms with Crippen molar-refractivity contribution in [2.45, 2.75) is 26.3 Å². The number of nitrogens with zero attached hydrogens (tertiary/aromatic N) is 3. The van der Waals surface area contributed by atoms with Crippen LogP contribution in [0.5, 0.6) is 0 Å². The Balaban J connectivity index is 2.37. The monoisotopic (exact) mass is 274 g/mol. The van der Waals surface area contributed by atoms with Crippen molar-refractivity contribution < 1.29 is 9.53 Å². The van der Waals surface area contributed by atoms with E-state index in [9.17, 15) is 4.79 Å². The lowest BCUT2D eigenvalue weighted by molar-refractivity contribution is 0.0594. The van der Waals surface area contributed by atoms with E-state index < -0.39 is 5.97 Å². The molecule has 0 aliphatic heterocycles. The largest absolute Gasteiger partial charge is 0.464 e. The first-order chi connectivity index (χ1) is 9.40. The summed E-state index contributed by atoms with van der Waals surface area (Å²) < 4.78 is 6.47. The lowest BCUT2D eigenvalue weighted by Crippen LogP contribution is -2.34. The summed E-state index contributed by atoms with van der Waals surface area (Å²) in [6.07, 6.45) is 3.49. The minimum absolute atomic E-state index is 0.116. The zero-order chi connectivity index (χ0) is 14.8. The van der Waals surface area contributed by atoms with Gasteiger partial charge in [0.15, 0.2) is 5.82 Å². The number of carbonyl (C=O) groups is 1. The fourth-order valence-electron chi connectivity index (χ4n) is 1.72. The van der Waals surface area contributed by atoms with E-state index in [4.69, 9.17) is 0 Å². The highest BCUT2D eigenvalue weighted by atomic mass is 16.5. The zero-order valence-electron chi connectivity index (χ0n) is 12.0. The van der Waals surface area contributed by atoms with Gasteiger partial charge in [0.05, 0.1) is 7.11 Å². The Hall–Kier alpha value is -2.37. The van der Waals surface area contributed by atoms with Crippen LogP contribution in [-0.4, -0.2) is 33.3 Å². The van der Waals surface area contributed by atoms with E-state index in [0.29, 0.717) is 11.5 Å². The molecule has 0 spiro atoms. The van der Waals surface area contributed by atoms with Gasteiger partial charge in [-0.15, -0.1) is 0 Å². The lowest BCUT2D eigenvalue weighted by Gasteiger charge is -2.23. The highest BCUT2D eigenvalue weighted by Gasteiger charge is 2.15. The van der Waals surface area contributed by atoms with Crippen LogP contribution in [0.15, 0.2) is 30.6 Å².